The van der Waals surface area contributed by atoms with Crippen LogP contribution in [-0.4, -0.2) is 39.3 Å². The first-order valence-corrected chi connectivity index (χ1v) is 7.80. The van der Waals surface area contributed by atoms with Crippen molar-refractivity contribution in [2.75, 3.05) is 44.2 Å². The van der Waals surface area contributed by atoms with Crippen LogP contribution in [0.15, 0.2) is 4.90 Å². The molecule has 0 atom stereocenters. The zero-order valence-electron chi connectivity index (χ0n) is 11.3. The molecule has 0 amide bonds. The van der Waals surface area contributed by atoms with E-state index in [1.807, 2.05) is 20.2 Å². The molecule has 1 rings (SSSR count). The van der Waals surface area contributed by atoms with E-state index in [4.69, 9.17) is 10.5 Å². The van der Waals surface area contributed by atoms with Gasteiger partial charge in [0.25, 0.3) is 0 Å². The number of likely N-dealkylation sites (N-methyl/N-ethyl adjacent to an activating group) is 1. The number of nitrogens with zero attached hydrogens (tertiary/aromatic N) is 1. The standard InChI is InChI=1S/C12H20N2O2S2/c1-5-8(15)10-9(13)11(17-4)12(18-10)14(2)6-7-16-3/h5-7,13H2,1-4H3. The Labute approximate surface area is 116 Å². The van der Waals surface area contributed by atoms with E-state index in [0.717, 1.165) is 16.4 Å². The van der Waals surface area contributed by atoms with Crippen molar-refractivity contribution >= 4 is 39.6 Å². The van der Waals surface area contributed by atoms with Gasteiger partial charge in [0.05, 0.1) is 22.1 Å². The number of thioether (sulfide) groups is 1. The molecule has 102 valence electrons. The number of anilines is 2. The van der Waals surface area contributed by atoms with Gasteiger partial charge in [-0.05, 0) is 6.26 Å². The Kier molecular flexibility index (Phi) is 5.98. The lowest BCUT2D eigenvalue weighted by Gasteiger charge is -2.18. The maximum atomic E-state index is 11.8. The number of Topliss-reactive ketones (excluding diaryl/α,β-unsaturated/α-hetero) is 1. The molecular formula is C12H20N2O2S2. The van der Waals surface area contributed by atoms with Gasteiger partial charge < -0.3 is 15.4 Å². The molecule has 0 radical (unpaired) electrons. The van der Waals surface area contributed by atoms with Crippen LogP contribution < -0.4 is 10.6 Å². The van der Waals surface area contributed by atoms with E-state index in [-0.39, 0.29) is 5.78 Å². The summed E-state index contributed by atoms with van der Waals surface area (Å²) in [7, 11) is 3.67. The van der Waals surface area contributed by atoms with E-state index in [1.54, 1.807) is 18.9 Å². The molecule has 1 aromatic heterocycles. The molecule has 4 nitrogen and oxygen atoms in total. The minimum absolute atomic E-state index is 0.110. The number of ether oxygens (including phenoxy) is 1. The molecule has 0 aliphatic carbocycles. The molecule has 2 N–H and O–H groups in total. The van der Waals surface area contributed by atoms with Crippen LogP contribution in [-0.2, 0) is 4.74 Å². The molecule has 0 spiro atoms. The van der Waals surface area contributed by atoms with E-state index in [2.05, 4.69) is 4.90 Å². The zero-order valence-corrected chi connectivity index (χ0v) is 12.9. The van der Waals surface area contributed by atoms with Crippen LogP contribution in [0.3, 0.4) is 0 Å². The quantitative estimate of drug-likeness (QED) is 0.617. The van der Waals surface area contributed by atoms with Gasteiger partial charge in [-0.3, -0.25) is 4.79 Å². The van der Waals surface area contributed by atoms with Crippen LogP contribution >= 0.6 is 23.1 Å². The summed E-state index contributed by atoms with van der Waals surface area (Å²) in [5.41, 5.74) is 6.69. The van der Waals surface area contributed by atoms with E-state index >= 15 is 0 Å². The minimum atomic E-state index is 0.110. The summed E-state index contributed by atoms with van der Waals surface area (Å²) in [6, 6.07) is 0. The van der Waals surface area contributed by atoms with Gasteiger partial charge in [0, 0.05) is 27.1 Å². The van der Waals surface area contributed by atoms with Crippen molar-refractivity contribution in [3.63, 3.8) is 0 Å². The number of methoxy groups -OCH3 is 1. The van der Waals surface area contributed by atoms with Gasteiger partial charge in [-0.15, -0.1) is 23.1 Å². The van der Waals surface area contributed by atoms with Gasteiger partial charge in [-0.25, -0.2) is 0 Å². The minimum Gasteiger partial charge on any atom is -0.396 e. The van der Waals surface area contributed by atoms with E-state index in [0.29, 0.717) is 23.6 Å². The fourth-order valence-corrected chi connectivity index (χ4v) is 3.77. The van der Waals surface area contributed by atoms with Gasteiger partial charge in [-0.2, -0.15) is 0 Å². The van der Waals surface area contributed by atoms with Gasteiger partial charge in [0.15, 0.2) is 5.78 Å². The van der Waals surface area contributed by atoms with E-state index in [1.165, 1.54) is 11.3 Å². The normalized spacial score (nSPS) is 10.7. The van der Waals surface area contributed by atoms with Crippen molar-refractivity contribution in [1.82, 2.24) is 0 Å². The first kappa shape index (κ1) is 15.3. The fraction of sp³-hybridized carbons (Fsp3) is 0.583. The largest absolute Gasteiger partial charge is 0.396 e. The summed E-state index contributed by atoms with van der Waals surface area (Å²) >= 11 is 3.06. The number of nitrogens with two attached hydrogens (primary N) is 1. The van der Waals surface area contributed by atoms with Crippen LogP contribution in [0, 0.1) is 0 Å². The molecule has 1 heterocycles. The highest BCUT2D eigenvalue weighted by Crippen LogP contribution is 2.43. The highest BCUT2D eigenvalue weighted by Gasteiger charge is 2.21. The third-order valence-electron chi connectivity index (χ3n) is 2.64. The topological polar surface area (TPSA) is 55.6 Å². The Morgan fingerprint density at radius 3 is 2.72 bits per heavy atom. The highest BCUT2D eigenvalue weighted by molar-refractivity contribution is 7.99. The Bertz CT molecular complexity index is 418. The van der Waals surface area contributed by atoms with Crippen molar-refractivity contribution < 1.29 is 9.53 Å². The van der Waals surface area contributed by atoms with Crippen LogP contribution in [0.5, 0.6) is 0 Å². The molecule has 0 saturated carbocycles. The number of hydrogen-bond donors (Lipinski definition) is 1. The number of nitrogen functional groups attached to an aromatic ring is 1. The Morgan fingerprint density at radius 1 is 1.56 bits per heavy atom. The lowest BCUT2D eigenvalue weighted by molar-refractivity contribution is 0.0992. The number of ketones is 1. The number of carbonyl (C=O) groups is 1. The van der Waals surface area contributed by atoms with E-state index < -0.39 is 0 Å². The summed E-state index contributed by atoms with van der Waals surface area (Å²) < 4.78 is 5.07. The summed E-state index contributed by atoms with van der Waals surface area (Å²) in [6.07, 6.45) is 2.46. The number of rotatable bonds is 7. The van der Waals surface area contributed by atoms with Crippen LogP contribution in [0.1, 0.15) is 23.0 Å². The summed E-state index contributed by atoms with van der Waals surface area (Å²) in [5, 5.41) is 1.05. The second kappa shape index (κ2) is 7.01. The number of carbonyl (C=O) groups excluding carboxylic acids is 1. The zero-order chi connectivity index (χ0) is 13.7. The van der Waals surface area contributed by atoms with Crippen molar-refractivity contribution in [3.8, 4) is 0 Å². The monoisotopic (exact) mass is 288 g/mol. The van der Waals surface area contributed by atoms with Crippen LogP contribution in [0.2, 0.25) is 0 Å². The first-order valence-electron chi connectivity index (χ1n) is 5.76. The molecule has 0 unspecified atom stereocenters. The lowest BCUT2D eigenvalue weighted by atomic mass is 10.2. The van der Waals surface area contributed by atoms with Crippen molar-refractivity contribution in [2.24, 2.45) is 0 Å². The van der Waals surface area contributed by atoms with Gasteiger partial charge in [0.1, 0.15) is 5.00 Å². The molecule has 0 aliphatic heterocycles. The van der Waals surface area contributed by atoms with Gasteiger partial charge >= 0.3 is 0 Å². The molecule has 18 heavy (non-hydrogen) atoms. The number of hydrogen-bond acceptors (Lipinski definition) is 6. The molecule has 0 aliphatic rings. The Morgan fingerprint density at radius 2 is 2.22 bits per heavy atom. The smallest absolute Gasteiger partial charge is 0.174 e. The molecule has 1 aromatic rings. The van der Waals surface area contributed by atoms with Crippen LogP contribution in [0.4, 0.5) is 10.7 Å². The fourth-order valence-electron chi connectivity index (χ4n) is 1.56. The first-order chi connectivity index (χ1) is 8.56. The van der Waals surface area contributed by atoms with Gasteiger partial charge in [-0.1, -0.05) is 6.92 Å². The second-order valence-corrected chi connectivity index (χ2v) is 5.69. The third-order valence-corrected chi connectivity index (χ3v) is 4.95. The molecule has 0 aromatic carbocycles. The summed E-state index contributed by atoms with van der Waals surface area (Å²) in [6.45, 7) is 3.29. The van der Waals surface area contributed by atoms with Gasteiger partial charge in [0.2, 0.25) is 0 Å². The molecule has 0 bridgehead atoms. The Hall–Kier alpha value is -0.720. The third kappa shape index (κ3) is 3.18. The van der Waals surface area contributed by atoms with Crippen molar-refractivity contribution in [3.05, 3.63) is 4.88 Å². The molecule has 0 saturated heterocycles. The maximum absolute atomic E-state index is 11.8. The number of thiophene rings is 1. The lowest BCUT2D eigenvalue weighted by Crippen LogP contribution is -2.21. The summed E-state index contributed by atoms with van der Waals surface area (Å²) in [5.74, 6) is 0.110. The predicted octanol–water partition coefficient (Wildman–Crippen LogP) is 2.73. The van der Waals surface area contributed by atoms with Crippen molar-refractivity contribution in [1.29, 1.82) is 0 Å². The predicted molar refractivity (Wildman–Crippen MR) is 80.3 cm³/mol. The van der Waals surface area contributed by atoms with E-state index in [9.17, 15) is 4.79 Å². The maximum Gasteiger partial charge on any atom is 0.174 e. The molecule has 0 fully saturated rings. The Balaban J connectivity index is 3.07. The summed E-state index contributed by atoms with van der Waals surface area (Å²) in [4.78, 5) is 15.6. The average molecular weight is 288 g/mol. The molecule has 6 heteroatoms. The van der Waals surface area contributed by atoms with Crippen molar-refractivity contribution in [2.45, 2.75) is 18.2 Å². The van der Waals surface area contributed by atoms with Crippen LogP contribution in [0.25, 0.3) is 0 Å². The molecular weight excluding hydrogens is 268 g/mol. The average Bonchev–Trinajstić information content (AvgIpc) is 2.72. The second-order valence-electron chi connectivity index (χ2n) is 3.87. The SMILES string of the molecule is CCC(=O)c1sc(N(C)CCOC)c(SC)c1N. The highest BCUT2D eigenvalue weighted by atomic mass is 32.2.